The van der Waals surface area contributed by atoms with E-state index in [-0.39, 0.29) is 24.1 Å². The van der Waals surface area contributed by atoms with Crippen LogP contribution in [-0.4, -0.2) is 44.5 Å². The number of amides is 1. The minimum absolute atomic E-state index is 0.00921. The van der Waals surface area contributed by atoms with Crippen LogP contribution in [0, 0.1) is 6.92 Å². The largest absolute Gasteiger partial charge is 0.394 e. The summed E-state index contributed by atoms with van der Waals surface area (Å²) in [5.41, 5.74) is 6.58. The molecule has 2 atom stereocenters. The highest BCUT2D eigenvalue weighted by Gasteiger charge is 2.33. The van der Waals surface area contributed by atoms with E-state index in [0.29, 0.717) is 18.4 Å². The molecule has 1 aliphatic heterocycles. The lowest BCUT2D eigenvalue weighted by atomic mass is 10.0. The lowest BCUT2D eigenvalue weighted by Gasteiger charge is -2.14. The number of ketones is 1. The molecule has 2 aromatic rings. The molecule has 8 heteroatoms. The van der Waals surface area contributed by atoms with Gasteiger partial charge in [-0.2, -0.15) is 0 Å². The zero-order valence-electron chi connectivity index (χ0n) is 13.2. The van der Waals surface area contributed by atoms with Gasteiger partial charge in [0.05, 0.1) is 12.7 Å². The van der Waals surface area contributed by atoms with E-state index in [2.05, 4.69) is 10.3 Å². The van der Waals surface area contributed by atoms with Gasteiger partial charge in [0.1, 0.15) is 5.69 Å². The lowest BCUT2D eigenvalue weighted by molar-refractivity contribution is -0.0297. The van der Waals surface area contributed by atoms with Crippen LogP contribution in [0.5, 0.6) is 0 Å². The lowest BCUT2D eigenvalue weighted by Crippen LogP contribution is -2.22. The van der Waals surface area contributed by atoms with Crippen LogP contribution in [-0.2, 0) is 4.74 Å². The number of hydrogen-bond donors (Lipinski definition) is 2. The summed E-state index contributed by atoms with van der Waals surface area (Å²) in [5.74, 6) is -1.22. The SMILES string of the molecule is Cc1ccc(C(=O)c2c(C(N)=O)nnn2[C@H]2CC[C@@H](CO)O2)cc1. The van der Waals surface area contributed by atoms with E-state index in [9.17, 15) is 14.7 Å². The van der Waals surface area contributed by atoms with Gasteiger partial charge in [0.25, 0.3) is 5.91 Å². The minimum atomic E-state index is -0.826. The number of aliphatic hydroxyl groups is 1. The molecule has 2 heterocycles. The summed E-state index contributed by atoms with van der Waals surface area (Å²) in [6.45, 7) is 1.80. The zero-order chi connectivity index (χ0) is 17.3. The molecule has 0 unspecified atom stereocenters. The Bertz CT molecular complexity index is 769. The van der Waals surface area contributed by atoms with Crippen molar-refractivity contribution in [3.05, 3.63) is 46.8 Å². The van der Waals surface area contributed by atoms with Gasteiger partial charge in [-0.3, -0.25) is 9.59 Å². The standard InChI is InChI=1S/C16H18N4O4/c1-9-2-4-10(5-3-9)15(22)14-13(16(17)23)18-19-20(14)12-7-6-11(8-21)24-12/h2-5,11-12,21H,6-8H2,1H3,(H2,17,23)/t11-,12+/m0/s1. The maximum Gasteiger partial charge on any atom is 0.271 e. The molecule has 1 aromatic heterocycles. The van der Waals surface area contributed by atoms with E-state index in [1.165, 1.54) is 4.68 Å². The summed E-state index contributed by atoms with van der Waals surface area (Å²) < 4.78 is 6.93. The summed E-state index contributed by atoms with van der Waals surface area (Å²) in [6, 6.07) is 6.95. The first-order chi connectivity index (χ1) is 11.5. The molecule has 3 N–H and O–H groups in total. The van der Waals surface area contributed by atoms with Crippen molar-refractivity contribution < 1.29 is 19.4 Å². The quantitative estimate of drug-likeness (QED) is 0.774. The number of rotatable bonds is 5. The third kappa shape index (κ3) is 2.93. The number of carbonyl (C=O) groups excluding carboxylic acids is 2. The van der Waals surface area contributed by atoms with E-state index >= 15 is 0 Å². The number of nitrogens with two attached hydrogens (primary N) is 1. The topological polar surface area (TPSA) is 120 Å². The third-order valence-electron chi connectivity index (χ3n) is 4.02. The number of carbonyl (C=O) groups is 2. The Morgan fingerprint density at radius 1 is 1.33 bits per heavy atom. The Labute approximate surface area is 138 Å². The molecule has 1 fully saturated rings. The smallest absolute Gasteiger partial charge is 0.271 e. The van der Waals surface area contributed by atoms with Crippen LogP contribution in [0.1, 0.15) is 51.2 Å². The fourth-order valence-corrected chi connectivity index (χ4v) is 2.72. The predicted molar refractivity (Wildman–Crippen MR) is 83.4 cm³/mol. The van der Waals surface area contributed by atoms with Gasteiger partial charge in [-0.05, 0) is 19.8 Å². The molecule has 3 rings (SSSR count). The van der Waals surface area contributed by atoms with Crippen molar-refractivity contribution in [2.24, 2.45) is 5.73 Å². The van der Waals surface area contributed by atoms with Crippen LogP contribution < -0.4 is 5.73 Å². The Balaban J connectivity index is 2.01. The molecule has 0 bridgehead atoms. The van der Waals surface area contributed by atoms with Gasteiger partial charge in [0.15, 0.2) is 11.9 Å². The zero-order valence-corrected chi connectivity index (χ0v) is 13.2. The Morgan fingerprint density at radius 3 is 2.62 bits per heavy atom. The Morgan fingerprint density at radius 2 is 2.04 bits per heavy atom. The molecule has 0 saturated carbocycles. The molecule has 1 aliphatic rings. The first kappa shape index (κ1) is 16.3. The molecular weight excluding hydrogens is 312 g/mol. The van der Waals surface area contributed by atoms with E-state index < -0.39 is 17.9 Å². The molecule has 0 aliphatic carbocycles. The second-order valence-corrected chi connectivity index (χ2v) is 5.76. The Hall–Kier alpha value is -2.58. The summed E-state index contributed by atoms with van der Waals surface area (Å²) in [7, 11) is 0. The monoisotopic (exact) mass is 330 g/mol. The van der Waals surface area contributed by atoms with E-state index in [1.54, 1.807) is 24.3 Å². The summed E-state index contributed by atoms with van der Waals surface area (Å²) in [6.07, 6.45) is 0.303. The fourth-order valence-electron chi connectivity index (χ4n) is 2.72. The van der Waals surface area contributed by atoms with Crippen molar-refractivity contribution in [3.63, 3.8) is 0 Å². The maximum atomic E-state index is 12.9. The number of aryl methyl sites for hydroxylation is 1. The van der Waals surface area contributed by atoms with Gasteiger partial charge >= 0.3 is 0 Å². The number of aromatic nitrogens is 3. The van der Waals surface area contributed by atoms with E-state index in [0.717, 1.165) is 5.56 Å². The molecule has 1 amide bonds. The minimum Gasteiger partial charge on any atom is -0.394 e. The second-order valence-electron chi connectivity index (χ2n) is 5.76. The molecule has 8 nitrogen and oxygen atoms in total. The normalized spacial score (nSPS) is 20.2. The van der Waals surface area contributed by atoms with Crippen molar-refractivity contribution >= 4 is 11.7 Å². The molecule has 1 saturated heterocycles. The summed E-state index contributed by atoms with van der Waals surface area (Å²) in [4.78, 5) is 24.5. The molecule has 1 aromatic carbocycles. The van der Waals surface area contributed by atoms with Gasteiger partial charge in [0, 0.05) is 5.56 Å². The van der Waals surface area contributed by atoms with Crippen LogP contribution in [0.3, 0.4) is 0 Å². The number of primary amides is 1. The van der Waals surface area contributed by atoms with Gasteiger partial charge < -0.3 is 15.6 Å². The highest BCUT2D eigenvalue weighted by Crippen LogP contribution is 2.29. The van der Waals surface area contributed by atoms with Gasteiger partial charge in [0.2, 0.25) is 5.78 Å². The fraction of sp³-hybridized carbons (Fsp3) is 0.375. The number of ether oxygens (including phenoxy) is 1. The van der Waals surface area contributed by atoms with Crippen LogP contribution in [0.25, 0.3) is 0 Å². The number of aliphatic hydroxyl groups excluding tert-OH is 1. The van der Waals surface area contributed by atoms with Crippen molar-refractivity contribution in [1.82, 2.24) is 15.0 Å². The van der Waals surface area contributed by atoms with Crippen molar-refractivity contribution in [1.29, 1.82) is 0 Å². The molecule has 24 heavy (non-hydrogen) atoms. The number of benzene rings is 1. The van der Waals surface area contributed by atoms with Crippen molar-refractivity contribution in [2.75, 3.05) is 6.61 Å². The summed E-state index contributed by atoms with van der Waals surface area (Å²) >= 11 is 0. The van der Waals surface area contributed by atoms with Crippen LogP contribution >= 0.6 is 0 Å². The first-order valence-corrected chi connectivity index (χ1v) is 7.64. The van der Waals surface area contributed by atoms with Gasteiger partial charge in [-0.25, -0.2) is 4.68 Å². The highest BCUT2D eigenvalue weighted by molar-refractivity contribution is 6.13. The average molecular weight is 330 g/mol. The third-order valence-corrected chi connectivity index (χ3v) is 4.02. The van der Waals surface area contributed by atoms with Crippen LogP contribution in [0.15, 0.2) is 24.3 Å². The van der Waals surface area contributed by atoms with Crippen LogP contribution in [0.4, 0.5) is 0 Å². The number of hydrogen-bond acceptors (Lipinski definition) is 6. The van der Waals surface area contributed by atoms with Gasteiger partial charge in [-0.15, -0.1) is 5.10 Å². The predicted octanol–water partition coefficient (Wildman–Crippen LogP) is 0.586. The van der Waals surface area contributed by atoms with Crippen molar-refractivity contribution in [2.45, 2.75) is 32.1 Å². The maximum absolute atomic E-state index is 12.9. The van der Waals surface area contributed by atoms with E-state index in [4.69, 9.17) is 10.5 Å². The second kappa shape index (κ2) is 6.50. The highest BCUT2D eigenvalue weighted by atomic mass is 16.5. The molecule has 0 radical (unpaired) electrons. The average Bonchev–Trinajstić information content (AvgIpc) is 3.21. The molecule has 0 spiro atoms. The van der Waals surface area contributed by atoms with Gasteiger partial charge in [-0.1, -0.05) is 35.0 Å². The van der Waals surface area contributed by atoms with E-state index in [1.807, 2.05) is 6.92 Å². The van der Waals surface area contributed by atoms with Crippen LogP contribution in [0.2, 0.25) is 0 Å². The molecular formula is C16H18N4O4. The summed E-state index contributed by atoms with van der Waals surface area (Å²) in [5, 5.41) is 16.8. The molecule has 126 valence electrons. The van der Waals surface area contributed by atoms with Crippen molar-refractivity contribution in [3.8, 4) is 0 Å². The Kier molecular flexibility index (Phi) is 4.41. The number of nitrogens with zero attached hydrogens (tertiary/aromatic N) is 3. The first-order valence-electron chi connectivity index (χ1n) is 7.64.